The standard InChI is InChI=1S/C22H26N4O3/c1-29-19-9-5-6-16(14-19)21(27)24-17-10-11-20(23-15-17)26-13-12-25(22(26)28)18-7-3-2-4-8-18/h5-6,9-11,14-15,18H,2-4,7-8,12-13H2,1H3,(H,24,27). The highest BCUT2D eigenvalue weighted by Gasteiger charge is 2.35. The van der Waals surface area contributed by atoms with Crippen molar-refractivity contribution in [2.45, 2.75) is 38.1 Å². The molecule has 1 saturated carbocycles. The van der Waals surface area contributed by atoms with Gasteiger partial charge in [0.2, 0.25) is 0 Å². The molecule has 1 saturated heterocycles. The molecule has 2 aromatic rings. The van der Waals surface area contributed by atoms with E-state index in [2.05, 4.69) is 10.3 Å². The molecular weight excluding hydrogens is 368 g/mol. The lowest BCUT2D eigenvalue weighted by Gasteiger charge is -2.30. The maximum atomic E-state index is 12.8. The van der Waals surface area contributed by atoms with E-state index >= 15 is 0 Å². The number of rotatable bonds is 5. The van der Waals surface area contributed by atoms with Crippen molar-refractivity contribution in [3.8, 4) is 5.75 Å². The quantitative estimate of drug-likeness (QED) is 0.834. The maximum Gasteiger partial charge on any atom is 0.326 e. The number of hydrogen-bond donors (Lipinski definition) is 1. The Morgan fingerprint density at radius 1 is 1.14 bits per heavy atom. The van der Waals surface area contributed by atoms with Gasteiger partial charge in [0.05, 0.1) is 19.0 Å². The summed E-state index contributed by atoms with van der Waals surface area (Å²) in [6, 6.07) is 10.9. The molecule has 1 aromatic heterocycles. The first-order valence-corrected chi connectivity index (χ1v) is 10.2. The molecule has 2 fully saturated rings. The van der Waals surface area contributed by atoms with Crippen LogP contribution in [0.15, 0.2) is 42.6 Å². The molecule has 7 heteroatoms. The number of aromatic nitrogens is 1. The summed E-state index contributed by atoms with van der Waals surface area (Å²) >= 11 is 0. The predicted octanol–water partition coefficient (Wildman–Crippen LogP) is 3.92. The first-order valence-electron chi connectivity index (χ1n) is 10.2. The minimum Gasteiger partial charge on any atom is -0.497 e. The largest absolute Gasteiger partial charge is 0.497 e. The zero-order valence-electron chi connectivity index (χ0n) is 16.6. The van der Waals surface area contributed by atoms with E-state index in [1.807, 2.05) is 4.90 Å². The number of pyridine rings is 1. The molecule has 1 aromatic carbocycles. The van der Waals surface area contributed by atoms with Crippen LogP contribution < -0.4 is 15.0 Å². The Labute approximate surface area is 170 Å². The van der Waals surface area contributed by atoms with Gasteiger partial charge >= 0.3 is 6.03 Å². The molecule has 29 heavy (non-hydrogen) atoms. The number of amides is 3. The molecule has 1 aliphatic heterocycles. The van der Waals surface area contributed by atoms with E-state index in [4.69, 9.17) is 4.74 Å². The van der Waals surface area contributed by atoms with E-state index in [1.165, 1.54) is 19.3 Å². The number of ether oxygens (including phenoxy) is 1. The number of carbonyl (C=O) groups is 2. The minimum absolute atomic E-state index is 0.0394. The third-order valence-electron chi connectivity index (χ3n) is 5.67. The summed E-state index contributed by atoms with van der Waals surface area (Å²) in [5.41, 5.74) is 1.09. The van der Waals surface area contributed by atoms with Gasteiger partial charge in [-0.15, -0.1) is 0 Å². The number of nitrogens with one attached hydrogen (secondary N) is 1. The highest BCUT2D eigenvalue weighted by Crippen LogP contribution is 2.28. The summed E-state index contributed by atoms with van der Waals surface area (Å²) in [4.78, 5) is 33.4. The number of urea groups is 1. The molecule has 0 unspecified atom stereocenters. The molecule has 152 valence electrons. The summed E-state index contributed by atoms with van der Waals surface area (Å²) in [7, 11) is 1.56. The number of benzene rings is 1. The molecule has 2 aliphatic rings. The molecule has 0 atom stereocenters. The van der Waals surface area contributed by atoms with Crippen molar-refractivity contribution in [1.82, 2.24) is 9.88 Å². The first-order chi connectivity index (χ1) is 14.2. The second-order valence-corrected chi connectivity index (χ2v) is 7.51. The van der Waals surface area contributed by atoms with Crippen LogP contribution in [0.4, 0.5) is 16.3 Å². The van der Waals surface area contributed by atoms with Gasteiger partial charge in [-0.25, -0.2) is 9.78 Å². The van der Waals surface area contributed by atoms with Gasteiger partial charge in [-0.3, -0.25) is 9.69 Å². The van der Waals surface area contributed by atoms with E-state index < -0.39 is 0 Å². The molecule has 0 bridgehead atoms. The monoisotopic (exact) mass is 394 g/mol. The van der Waals surface area contributed by atoms with Gasteiger partial charge in [0, 0.05) is 24.7 Å². The van der Waals surface area contributed by atoms with Crippen LogP contribution in [-0.2, 0) is 0 Å². The number of carbonyl (C=O) groups excluding carboxylic acids is 2. The van der Waals surface area contributed by atoms with Gasteiger partial charge in [0.15, 0.2) is 0 Å². The van der Waals surface area contributed by atoms with Crippen LogP contribution in [-0.4, -0.2) is 48.1 Å². The summed E-state index contributed by atoms with van der Waals surface area (Å²) in [6.07, 6.45) is 7.46. The third kappa shape index (κ3) is 4.18. The fourth-order valence-corrected chi connectivity index (χ4v) is 4.09. The lowest BCUT2D eigenvalue weighted by molar-refractivity contribution is 0.102. The van der Waals surface area contributed by atoms with Crippen LogP contribution in [0.25, 0.3) is 0 Å². The molecular formula is C22H26N4O3. The second-order valence-electron chi connectivity index (χ2n) is 7.51. The van der Waals surface area contributed by atoms with Crippen LogP contribution in [0.3, 0.4) is 0 Å². The highest BCUT2D eigenvalue weighted by atomic mass is 16.5. The minimum atomic E-state index is -0.237. The number of anilines is 2. The SMILES string of the molecule is COc1cccc(C(=O)Nc2ccc(N3CCN(C4CCCCC4)C3=O)nc2)c1. The first kappa shape index (κ1) is 19.2. The van der Waals surface area contributed by atoms with E-state index in [0.29, 0.717) is 35.4 Å². The Morgan fingerprint density at radius 2 is 1.97 bits per heavy atom. The average Bonchev–Trinajstić information content (AvgIpc) is 3.16. The van der Waals surface area contributed by atoms with Crippen LogP contribution in [0, 0.1) is 0 Å². The predicted molar refractivity (Wildman–Crippen MR) is 112 cm³/mol. The molecule has 4 rings (SSSR count). The van der Waals surface area contributed by atoms with E-state index in [-0.39, 0.29) is 11.9 Å². The van der Waals surface area contributed by atoms with Crippen molar-refractivity contribution in [2.75, 3.05) is 30.4 Å². The number of methoxy groups -OCH3 is 1. The number of nitrogens with zero attached hydrogens (tertiary/aromatic N) is 3. The Morgan fingerprint density at radius 3 is 2.69 bits per heavy atom. The van der Waals surface area contributed by atoms with Crippen LogP contribution in [0.5, 0.6) is 5.75 Å². The van der Waals surface area contributed by atoms with Gasteiger partial charge in [0.1, 0.15) is 11.6 Å². The highest BCUT2D eigenvalue weighted by molar-refractivity contribution is 6.04. The Balaban J connectivity index is 1.40. The van der Waals surface area contributed by atoms with Crippen molar-refractivity contribution in [2.24, 2.45) is 0 Å². The van der Waals surface area contributed by atoms with Gasteiger partial charge in [-0.1, -0.05) is 25.3 Å². The van der Waals surface area contributed by atoms with Gasteiger partial charge in [-0.2, -0.15) is 0 Å². The normalized spacial score (nSPS) is 17.5. The lowest BCUT2D eigenvalue weighted by atomic mass is 9.94. The van der Waals surface area contributed by atoms with Crippen LogP contribution >= 0.6 is 0 Å². The van der Waals surface area contributed by atoms with Gasteiger partial charge < -0.3 is 15.0 Å². The van der Waals surface area contributed by atoms with E-state index in [9.17, 15) is 9.59 Å². The van der Waals surface area contributed by atoms with E-state index in [0.717, 1.165) is 19.4 Å². The molecule has 1 aliphatic carbocycles. The fourth-order valence-electron chi connectivity index (χ4n) is 4.09. The second kappa shape index (κ2) is 8.51. The van der Waals surface area contributed by atoms with Crippen molar-refractivity contribution in [1.29, 1.82) is 0 Å². The molecule has 0 radical (unpaired) electrons. The van der Waals surface area contributed by atoms with E-state index in [1.54, 1.807) is 54.6 Å². The van der Waals surface area contributed by atoms with Gasteiger partial charge in [-0.05, 0) is 43.2 Å². The fraction of sp³-hybridized carbons (Fsp3) is 0.409. The summed E-state index contributed by atoms with van der Waals surface area (Å²) < 4.78 is 5.16. The van der Waals surface area contributed by atoms with Crippen LogP contribution in [0.1, 0.15) is 42.5 Å². The smallest absolute Gasteiger partial charge is 0.326 e. The Bertz CT molecular complexity index is 878. The summed E-state index contributed by atoms with van der Waals surface area (Å²) in [5.74, 6) is 1.01. The molecule has 2 heterocycles. The molecule has 7 nitrogen and oxygen atoms in total. The Kier molecular flexibility index (Phi) is 5.64. The molecule has 0 spiro atoms. The lowest BCUT2D eigenvalue weighted by Crippen LogP contribution is -2.40. The molecule has 1 N–H and O–H groups in total. The van der Waals surface area contributed by atoms with Crippen molar-refractivity contribution in [3.05, 3.63) is 48.2 Å². The zero-order chi connectivity index (χ0) is 20.2. The van der Waals surface area contributed by atoms with Crippen molar-refractivity contribution < 1.29 is 14.3 Å². The average molecular weight is 394 g/mol. The Hall–Kier alpha value is -3.09. The maximum absolute atomic E-state index is 12.8. The number of hydrogen-bond acceptors (Lipinski definition) is 4. The summed E-state index contributed by atoms with van der Waals surface area (Å²) in [6.45, 7) is 1.40. The third-order valence-corrected chi connectivity index (χ3v) is 5.67. The zero-order valence-corrected chi connectivity index (χ0v) is 16.6. The summed E-state index contributed by atoms with van der Waals surface area (Å²) in [5, 5.41) is 2.83. The van der Waals surface area contributed by atoms with Gasteiger partial charge in [0.25, 0.3) is 5.91 Å². The van der Waals surface area contributed by atoms with Crippen LogP contribution in [0.2, 0.25) is 0 Å². The van der Waals surface area contributed by atoms with Crippen molar-refractivity contribution in [3.63, 3.8) is 0 Å². The van der Waals surface area contributed by atoms with Crippen molar-refractivity contribution >= 4 is 23.4 Å². The topological polar surface area (TPSA) is 74.8 Å². The molecule has 3 amide bonds.